The zero-order valence-electron chi connectivity index (χ0n) is 27.6. The quantitative estimate of drug-likeness (QED) is 0.240. The Morgan fingerprint density at radius 3 is 2.32 bits per heavy atom. The molecule has 2 heterocycles. The average molecular weight is 595 g/mol. The molecule has 0 N–H and O–H groups in total. The Hall–Kier alpha value is -4.03. The highest BCUT2D eigenvalue weighted by Gasteiger charge is 2.55. The van der Waals surface area contributed by atoms with Crippen molar-refractivity contribution in [3.05, 3.63) is 120 Å². The minimum absolute atomic E-state index is 0.0500. The fourth-order valence-corrected chi connectivity index (χ4v) is 6.62. The molecule has 0 saturated heterocycles. The molecular formula is C38H50N4O2. The highest BCUT2D eigenvalue weighted by atomic mass is 16.5. The summed E-state index contributed by atoms with van der Waals surface area (Å²) in [6.45, 7) is 23.8. The lowest BCUT2D eigenvalue weighted by Crippen LogP contribution is -2.49. The monoisotopic (exact) mass is 594 g/mol. The molecule has 1 unspecified atom stereocenters. The molecule has 2 bridgehead atoms. The summed E-state index contributed by atoms with van der Waals surface area (Å²) in [4.78, 5) is 23.3. The topological polar surface area (TPSA) is 39.3 Å². The number of allylic oxidation sites excluding steroid dienone is 4. The molecule has 6 heteroatoms. The molecule has 3 aliphatic rings. The van der Waals surface area contributed by atoms with Gasteiger partial charge in [-0.1, -0.05) is 56.3 Å². The van der Waals surface area contributed by atoms with Gasteiger partial charge in [-0.05, 0) is 50.1 Å². The van der Waals surface area contributed by atoms with Crippen LogP contribution >= 0.6 is 0 Å². The lowest BCUT2D eigenvalue weighted by molar-refractivity contribution is 0.0648. The Morgan fingerprint density at radius 1 is 0.955 bits per heavy atom. The van der Waals surface area contributed by atoms with Gasteiger partial charge in [0.25, 0.3) is 5.91 Å². The van der Waals surface area contributed by atoms with Crippen molar-refractivity contribution in [3.8, 4) is 5.75 Å². The van der Waals surface area contributed by atoms with Crippen molar-refractivity contribution < 1.29 is 9.53 Å². The number of hydrogen-bond donors (Lipinski definition) is 0. The van der Waals surface area contributed by atoms with Crippen molar-refractivity contribution >= 4 is 11.6 Å². The van der Waals surface area contributed by atoms with E-state index in [-0.39, 0.29) is 5.91 Å². The van der Waals surface area contributed by atoms with E-state index < -0.39 is 5.54 Å². The van der Waals surface area contributed by atoms with Gasteiger partial charge in [0.15, 0.2) is 0 Å². The normalized spacial score (nSPS) is 18.0. The molecule has 2 aromatic rings. The maximum absolute atomic E-state index is 14.4. The lowest BCUT2D eigenvalue weighted by Gasteiger charge is -2.42. The Balaban J connectivity index is 0.00000216. The lowest BCUT2D eigenvalue weighted by atomic mass is 9.75. The number of hydrogen-bond acceptors (Lipinski definition) is 5. The van der Waals surface area contributed by atoms with E-state index in [4.69, 9.17) is 4.74 Å². The summed E-state index contributed by atoms with van der Waals surface area (Å²) in [6.07, 6.45) is 11.1. The summed E-state index contributed by atoms with van der Waals surface area (Å²) in [5.41, 5.74) is 5.32. The zero-order chi connectivity index (χ0) is 31.9. The Labute approximate surface area is 265 Å². The number of rotatable bonds is 12. The summed E-state index contributed by atoms with van der Waals surface area (Å²) in [5.74, 6) is 1.74. The number of benzene rings is 2. The van der Waals surface area contributed by atoms with Crippen molar-refractivity contribution in [1.29, 1.82) is 0 Å². The van der Waals surface area contributed by atoms with E-state index in [2.05, 4.69) is 109 Å². The van der Waals surface area contributed by atoms with Crippen LogP contribution in [0.4, 0.5) is 5.69 Å². The number of carbonyl (C=O) groups excluding carboxylic acids is 1. The minimum atomic E-state index is -0.800. The van der Waals surface area contributed by atoms with Gasteiger partial charge < -0.3 is 19.4 Å². The van der Waals surface area contributed by atoms with Gasteiger partial charge >= 0.3 is 0 Å². The second-order valence-corrected chi connectivity index (χ2v) is 11.1. The summed E-state index contributed by atoms with van der Waals surface area (Å²) >= 11 is 0. The summed E-state index contributed by atoms with van der Waals surface area (Å²) < 4.78 is 6.85. The third-order valence-electron chi connectivity index (χ3n) is 8.85. The molecule has 0 fully saturated rings. The molecule has 1 aliphatic carbocycles. The molecular weight excluding hydrogens is 544 g/mol. The highest BCUT2D eigenvalue weighted by Crippen LogP contribution is 2.56. The molecule has 44 heavy (non-hydrogen) atoms. The summed E-state index contributed by atoms with van der Waals surface area (Å²) in [7, 11) is 2.09. The Kier molecular flexibility index (Phi) is 10.9. The molecule has 1 atom stereocenters. The van der Waals surface area contributed by atoms with Crippen LogP contribution in [0.25, 0.3) is 0 Å². The van der Waals surface area contributed by atoms with Crippen LogP contribution in [-0.2, 0) is 5.54 Å². The van der Waals surface area contributed by atoms with Crippen LogP contribution in [0.1, 0.15) is 62.5 Å². The predicted molar refractivity (Wildman–Crippen MR) is 184 cm³/mol. The van der Waals surface area contributed by atoms with E-state index in [0.717, 1.165) is 77.9 Å². The fraction of sp³-hybridized carbons (Fsp3) is 0.395. The van der Waals surface area contributed by atoms with Crippen LogP contribution in [0, 0.1) is 0 Å². The van der Waals surface area contributed by atoms with Crippen LogP contribution in [0.15, 0.2) is 103 Å². The minimum Gasteiger partial charge on any atom is -0.461 e. The molecule has 1 amide bonds. The van der Waals surface area contributed by atoms with Crippen LogP contribution in [0.5, 0.6) is 5.75 Å². The van der Waals surface area contributed by atoms with Crippen molar-refractivity contribution in [2.45, 2.75) is 46.6 Å². The SMILES string of the molecule is C=CCN(CC=C)CCN1C(=O)c2ccccc2C12C1=CC=C(N(CC)CC)C=C(C1)Oc1cc(N(C)CC)ccc12.CC. The molecule has 2 aromatic carbocycles. The van der Waals surface area contributed by atoms with E-state index in [1.165, 1.54) is 0 Å². The number of likely N-dealkylation sites (N-methyl/N-ethyl adjacent to an activating group) is 1. The molecule has 0 aromatic heterocycles. The third-order valence-corrected chi connectivity index (χ3v) is 8.85. The van der Waals surface area contributed by atoms with E-state index in [1.807, 2.05) is 38.1 Å². The third kappa shape index (κ3) is 5.88. The first-order valence-corrected chi connectivity index (χ1v) is 16.2. The maximum Gasteiger partial charge on any atom is 0.255 e. The second kappa shape index (κ2) is 14.6. The Morgan fingerprint density at radius 2 is 1.66 bits per heavy atom. The van der Waals surface area contributed by atoms with E-state index in [1.54, 1.807) is 0 Å². The van der Waals surface area contributed by atoms with Gasteiger partial charge in [-0.25, -0.2) is 0 Å². The standard InChI is InChI=1S/C36H44N4O2.C2H6/c1-7-20-38(21-8-2)22-23-40-35(41)31-14-12-13-15-32(31)36(40)27-16-17-29(39(10-4)11-5)25-30(24-27)42-34-26-28(37(6)9-3)18-19-33(34)36;1-2/h7-8,12-19,25-26H,1-2,9-11,20-24H2,3-6H3;1-2H3. The number of anilines is 1. The molecule has 6 nitrogen and oxygen atoms in total. The number of fused-ring (bicyclic) bond motifs is 7. The largest absolute Gasteiger partial charge is 0.461 e. The maximum atomic E-state index is 14.4. The number of amides is 1. The van der Waals surface area contributed by atoms with Crippen LogP contribution in [0.2, 0.25) is 0 Å². The van der Waals surface area contributed by atoms with Gasteiger partial charge in [0.1, 0.15) is 17.0 Å². The van der Waals surface area contributed by atoms with Crippen molar-refractivity contribution in [2.24, 2.45) is 0 Å². The Bertz CT molecular complexity index is 1440. The first kappa shape index (κ1) is 32.9. The van der Waals surface area contributed by atoms with E-state index >= 15 is 0 Å². The highest BCUT2D eigenvalue weighted by molar-refractivity contribution is 6.02. The van der Waals surface area contributed by atoms with Gasteiger partial charge in [0.2, 0.25) is 0 Å². The van der Waals surface area contributed by atoms with Gasteiger partial charge in [0, 0.05) is 93.9 Å². The molecule has 2 aliphatic heterocycles. The van der Waals surface area contributed by atoms with Crippen molar-refractivity contribution in [2.75, 3.05) is 57.8 Å². The van der Waals surface area contributed by atoms with E-state index in [0.29, 0.717) is 19.5 Å². The summed E-state index contributed by atoms with van der Waals surface area (Å²) in [6, 6.07) is 14.6. The number of nitrogens with zero attached hydrogens (tertiary/aromatic N) is 4. The molecule has 0 radical (unpaired) electrons. The number of ether oxygens (including phenoxy) is 1. The smallest absolute Gasteiger partial charge is 0.255 e. The predicted octanol–water partition coefficient (Wildman–Crippen LogP) is 7.37. The van der Waals surface area contributed by atoms with Gasteiger partial charge in [-0.3, -0.25) is 9.69 Å². The first-order valence-electron chi connectivity index (χ1n) is 16.2. The van der Waals surface area contributed by atoms with Crippen molar-refractivity contribution in [1.82, 2.24) is 14.7 Å². The average Bonchev–Trinajstić information content (AvgIpc) is 3.17. The molecule has 1 spiro atoms. The molecule has 234 valence electrons. The fourth-order valence-electron chi connectivity index (χ4n) is 6.62. The van der Waals surface area contributed by atoms with Crippen molar-refractivity contribution in [3.63, 3.8) is 0 Å². The van der Waals surface area contributed by atoms with Gasteiger partial charge in [-0.2, -0.15) is 0 Å². The first-order chi connectivity index (χ1) is 21.4. The molecule has 5 rings (SSSR count). The van der Waals surface area contributed by atoms with Crippen LogP contribution < -0.4 is 9.64 Å². The van der Waals surface area contributed by atoms with Gasteiger partial charge in [-0.15, -0.1) is 13.2 Å². The van der Waals surface area contributed by atoms with Crippen LogP contribution in [-0.4, -0.2) is 73.5 Å². The van der Waals surface area contributed by atoms with Crippen LogP contribution in [0.3, 0.4) is 0 Å². The summed E-state index contributed by atoms with van der Waals surface area (Å²) in [5, 5.41) is 0. The molecule has 0 saturated carbocycles. The van der Waals surface area contributed by atoms with E-state index in [9.17, 15) is 4.79 Å². The number of carbonyl (C=O) groups is 1. The second-order valence-electron chi connectivity index (χ2n) is 11.1. The zero-order valence-corrected chi connectivity index (χ0v) is 27.6. The van der Waals surface area contributed by atoms with Gasteiger partial charge in [0.05, 0.1) is 0 Å².